The lowest BCUT2D eigenvalue weighted by Crippen LogP contribution is -2.35. The Labute approximate surface area is 144 Å². The summed E-state index contributed by atoms with van der Waals surface area (Å²) in [6.07, 6.45) is 0. The van der Waals surface area contributed by atoms with Crippen molar-refractivity contribution in [3.63, 3.8) is 0 Å². The fourth-order valence-corrected chi connectivity index (χ4v) is 2.60. The number of amides is 2. The molecule has 2 rings (SSSR count). The van der Waals surface area contributed by atoms with Crippen molar-refractivity contribution in [3.8, 4) is 0 Å². The first-order valence-corrected chi connectivity index (χ1v) is 8.05. The summed E-state index contributed by atoms with van der Waals surface area (Å²) in [5.41, 5.74) is 3.23. The number of carbonyl (C=O) groups is 2. The molecular weight excluding hydrogens is 356 g/mol. The van der Waals surface area contributed by atoms with Crippen molar-refractivity contribution in [2.75, 3.05) is 18.9 Å². The van der Waals surface area contributed by atoms with Gasteiger partial charge in [-0.05, 0) is 53.5 Å². The minimum Gasteiger partial charge on any atom is -0.332 e. The lowest BCUT2D eigenvalue weighted by atomic mass is 10.0. The Morgan fingerprint density at radius 3 is 2.52 bits per heavy atom. The van der Waals surface area contributed by atoms with Gasteiger partial charge in [0.15, 0.2) is 0 Å². The number of para-hydroxylation sites is 1. The number of carbonyl (C=O) groups excluding carboxylic acids is 2. The molecule has 4 nitrogen and oxygen atoms in total. The zero-order chi connectivity index (χ0) is 17.0. The van der Waals surface area contributed by atoms with Gasteiger partial charge in [-0.3, -0.25) is 9.59 Å². The zero-order valence-electron chi connectivity index (χ0n) is 13.4. The van der Waals surface area contributed by atoms with Gasteiger partial charge in [0.05, 0.1) is 12.2 Å². The maximum absolute atomic E-state index is 12.5. The summed E-state index contributed by atoms with van der Waals surface area (Å²) in [6.45, 7) is 3.82. The molecule has 0 saturated heterocycles. The van der Waals surface area contributed by atoms with Crippen molar-refractivity contribution in [2.24, 2.45) is 0 Å². The second kappa shape index (κ2) is 7.42. The predicted molar refractivity (Wildman–Crippen MR) is 95.6 cm³/mol. The number of nitrogens with zero attached hydrogens (tertiary/aromatic N) is 1. The molecule has 0 heterocycles. The standard InChI is InChI=1S/C18H19BrN2O2/c1-12-8-9-13(2)14(10-12)18(23)21(3)11-17(22)20-16-7-5-4-6-15(16)19/h4-10H,11H2,1-3H3,(H,20,22). The van der Waals surface area contributed by atoms with Crippen LogP contribution in [0, 0.1) is 13.8 Å². The number of rotatable bonds is 4. The third-order valence-corrected chi connectivity index (χ3v) is 4.19. The van der Waals surface area contributed by atoms with Crippen molar-refractivity contribution in [3.05, 3.63) is 63.6 Å². The Bertz CT molecular complexity index is 744. The number of halogens is 1. The molecule has 0 aliphatic carbocycles. The Morgan fingerprint density at radius 2 is 1.83 bits per heavy atom. The average Bonchev–Trinajstić information content (AvgIpc) is 2.51. The van der Waals surface area contributed by atoms with Gasteiger partial charge >= 0.3 is 0 Å². The van der Waals surface area contributed by atoms with E-state index in [1.165, 1.54) is 4.90 Å². The van der Waals surface area contributed by atoms with E-state index in [1.807, 2.05) is 50.2 Å². The average molecular weight is 375 g/mol. The summed E-state index contributed by atoms with van der Waals surface area (Å²) in [7, 11) is 1.63. The van der Waals surface area contributed by atoms with Gasteiger partial charge in [0.25, 0.3) is 5.91 Å². The largest absolute Gasteiger partial charge is 0.332 e. The summed E-state index contributed by atoms with van der Waals surface area (Å²) < 4.78 is 0.803. The van der Waals surface area contributed by atoms with Crippen molar-refractivity contribution >= 4 is 33.4 Å². The van der Waals surface area contributed by atoms with Crippen molar-refractivity contribution < 1.29 is 9.59 Å². The van der Waals surface area contributed by atoms with Gasteiger partial charge in [0.2, 0.25) is 5.91 Å². The number of nitrogens with one attached hydrogen (secondary N) is 1. The minimum atomic E-state index is -0.238. The Balaban J connectivity index is 2.05. The normalized spacial score (nSPS) is 10.3. The number of aryl methyl sites for hydroxylation is 2. The highest BCUT2D eigenvalue weighted by Crippen LogP contribution is 2.21. The number of likely N-dealkylation sites (N-methyl/N-ethyl adjacent to an activating group) is 1. The van der Waals surface area contributed by atoms with Crippen LogP contribution in [0.15, 0.2) is 46.9 Å². The Hall–Kier alpha value is -2.14. The second-order valence-corrected chi connectivity index (χ2v) is 6.36. The van der Waals surface area contributed by atoms with E-state index in [1.54, 1.807) is 13.1 Å². The van der Waals surface area contributed by atoms with E-state index in [4.69, 9.17) is 0 Å². The van der Waals surface area contributed by atoms with Gasteiger partial charge in [-0.25, -0.2) is 0 Å². The maximum atomic E-state index is 12.5. The summed E-state index contributed by atoms with van der Waals surface area (Å²) in [5, 5.41) is 2.79. The third-order valence-electron chi connectivity index (χ3n) is 3.50. The van der Waals surface area contributed by atoms with Gasteiger partial charge in [0.1, 0.15) is 0 Å². The molecule has 2 aromatic rings. The molecule has 0 atom stereocenters. The maximum Gasteiger partial charge on any atom is 0.254 e. The molecule has 23 heavy (non-hydrogen) atoms. The summed E-state index contributed by atoms with van der Waals surface area (Å²) in [6, 6.07) is 13.1. The molecule has 2 aromatic carbocycles. The molecule has 0 bridgehead atoms. The predicted octanol–water partition coefficient (Wildman–Crippen LogP) is 3.78. The second-order valence-electron chi connectivity index (χ2n) is 5.51. The highest BCUT2D eigenvalue weighted by molar-refractivity contribution is 9.10. The van der Waals surface area contributed by atoms with E-state index in [9.17, 15) is 9.59 Å². The molecule has 0 unspecified atom stereocenters. The summed E-state index contributed by atoms with van der Waals surface area (Å²) >= 11 is 3.38. The van der Waals surface area contributed by atoms with Crippen LogP contribution in [0.25, 0.3) is 0 Å². The minimum absolute atomic E-state index is 0.00640. The molecule has 0 spiro atoms. The van der Waals surface area contributed by atoms with Gasteiger partial charge in [-0.1, -0.05) is 29.8 Å². The molecule has 0 saturated carbocycles. The number of benzene rings is 2. The van der Waals surface area contributed by atoms with E-state index in [-0.39, 0.29) is 18.4 Å². The van der Waals surface area contributed by atoms with E-state index < -0.39 is 0 Å². The number of hydrogen-bond acceptors (Lipinski definition) is 2. The van der Waals surface area contributed by atoms with Crippen LogP contribution in [0.5, 0.6) is 0 Å². The van der Waals surface area contributed by atoms with Crippen LogP contribution in [-0.4, -0.2) is 30.3 Å². The van der Waals surface area contributed by atoms with E-state index in [2.05, 4.69) is 21.2 Å². The molecule has 0 radical (unpaired) electrons. The van der Waals surface area contributed by atoms with Gasteiger partial charge in [0, 0.05) is 17.1 Å². The number of hydrogen-bond donors (Lipinski definition) is 1. The number of anilines is 1. The van der Waals surface area contributed by atoms with Crippen LogP contribution in [-0.2, 0) is 4.79 Å². The first-order valence-electron chi connectivity index (χ1n) is 7.25. The van der Waals surface area contributed by atoms with Crippen LogP contribution in [0.3, 0.4) is 0 Å². The molecule has 120 valence electrons. The quantitative estimate of drug-likeness (QED) is 0.884. The van der Waals surface area contributed by atoms with Crippen molar-refractivity contribution in [1.29, 1.82) is 0 Å². The third kappa shape index (κ3) is 4.42. The van der Waals surface area contributed by atoms with Crippen molar-refractivity contribution in [1.82, 2.24) is 4.90 Å². The molecule has 0 fully saturated rings. The Morgan fingerprint density at radius 1 is 1.13 bits per heavy atom. The lowest BCUT2D eigenvalue weighted by Gasteiger charge is -2.18. The smallest absolute Gasteiger partial charge is 0.254 e. The molecular formula is C18H19BrN2O2. The molecule has 1 N–H and O–H groups in total. The van der Waals surface area contributed by atoms with Gasteiger partial charge < -0.3 is 10.2 Å². The molecule has 0 aliphatic heterocycles. The Kier molecular flexibility index (Phi) is 5.55. The van der Waals surface area contributed by atoms with E-state index in [0.29, 0.717) is 11.3 Å². The molecule has 2 amide bonds. The van der Waals surface area contributed by atoms with Crippen LogP contribution in [0.4, 0.5) is 5.69 Å². The van der Waals surface area contributed by atoms with Crippen molar-refractivity contribution in [2.45, 2.75) is 13.8 Å². The SMILES string of the molecule is Cc1ccc(C)c(C(=O)N(C)CC(=O)Nc2ccccc2Br)c1. The topological polar surface area (TPSA) is 49.4 Å². The molecule has 0 aliphatic rings. The zero-order valence-corrected chi connectivity index (χ0v) is 15.0. The first-order chi connectivity index (χ1) is 10.9. The van der Waals surface area contributed by atoms with Gasteiger partial charge in [-0.2, -0.15) is 0 Å². The van der Waals surface area contributed by atoms with Crippen LogP contribution in [0.1, 0.15) is 21.5 Å². The van der Waals surface area contributed by atoms with E-state index in [0.717, 1.165) is 15.6 Å². The fourth-order valence-electron chi connectivity index (χ4n) is 2.21. The monoisotopic (exact) mass is 374 g/mol. The summed E-state index contributed by atoms with van der Waals surface area (Å²) in [4.78, 5) is 26.1. The fraction of sp³-hybridized carbons (Fsp3) is 0.222. The molecule has 5 heteroatoms. The highest BCUT2D eigenvalue weighted by atomic mass is 79.9. The van der Waals surface area contributed by atoms with Crippen LogP contribution in [0.2, 0.25) is 0 Å². The van der Waals surface area contributed by atoms with Gasteiger partial charge in [-0.15, -0.1) is 0 Å². The highest BCUT2D eigenvalue weighted by Gasteiger charge is 2.17. The summed E-state index contributed by atoms with van der Waals surface area (Å²) in [5.74, 6) is -0.397. The van der Waals surface area contributed by atoms with E-state index >= 15 is 0 Å². The van der Waals surface area contributed by atoms with Crippen LogP contribution < -0.4 is 5.32 Å². The lowest BCUT2D eigenvalue weighted by molar-refractivity contribution is -0.116. The molecule has 0 aromatic heterocycles. The van der Waals surface area contributed by atoms with Crippen LogP contribution >= 0.6 is 15.9 Å². The first kappa shape index (κ1) is 17.2.